The van der Waals surface area contributed by atoms with Gasteiger partial charge in [-0.2, -0.15) is 0 Å². The fourth-order valence-electron chi connectivity index (χ4n) is 2.90. The largest absolute Gasteiger partial charge is 0.376 e. The van der Waals surface area contributed by atoms with Crippen LogP contribution in [0.4, 0.5) is 5.13 Å². The summed E-state index contributed by atoms with van der Waals surface area (Å²) in [5, 5.41) is 13.0. The van der Waals surface area contributed by atoms with E-state index >= 15 is 0 Å². The second-order valence-electron chi connectivity index (χ2n) is 6.16. The summed E-state index contributed by atoms with van der Waals surface area (Å²) < 4.78 is 6.43. The van der Waals surface area contributed by atoms with Crippen LogP contribution in [0.1, 0.15) is 24.2 Å². The summed E-state index contributed by atoms with van der Waals surface area (Å²) in [5.74, 6) is 1.19. The summed E-state index contributed by atoms with van der Waals surface area (Å²) in [6.45, 7) is 3.57. The molecule has 0 unspecified atom stereocenters. The van der Waals surface area contributed by atoms with Gasteiger partial charge in [0.15, 0.2) is 4.34 Å². The number of nitrogens with one attached hydrogen (secondary N) is 2. The Morgan fingerprint density at radius 2 is 2.35 bits per heavy atom. The number of benzene rings is 1. The zero-order valence-corrected chi connectivity index (χ0v) is 16.0. The molecule has 1 aliphatic heterocycles. The van der Waals surface area contributed by atoms with Crippen LogP contribution in [0.3, 0.4) is 0 Å². The van der Waals surface area contributed by atoms with E-state index in [0.29, 0.717) is 17.0 Å². The number of rotatable bonds is 6. The minimum Gasteiger partial charge on any atom is -0.376 e. The highest BCUT2D eigenvalue weighted by Crippen LogP contribution is 2.28. The van der Waals surface area contributed by atoms with Gasteiger partial charge in [-0.05, 0) is 31.4 Å². The van der Waals surface area contributed by atoms with E-state index < -0.39 is 0 Å². The third-order valence-corrected chi connectivity index (χ3v) is 6.26. The number of aromatic nitrogens is 4. The van der Waals surface area contributed by atoms with Crippen LogP contribution < -0.4 is 10.9 Å². The van der Waals surface area contributed by atoms with Gasteiger partial charge in [0, 0.05) is 13.2 Å². The minimum absolute atomic E-state index is 0.106. The van der Waals surface area contributed by atoms with Gasteiger partial charge in [-0.15, -0.1) is 10.2 Å². The van der Waals surface area contributed by atoms with Crippen molar-refractivity contribution in [1.82, 2.24) is 20.2 Å². The Kier molecular flexibility index (Phi) is 5.18. The van der Waals surface area contributed by atoms with Crippen LogP contribution in [-0.2, 0) is 10.5 Å². The van der Waals surface area contributed by atoms with Gasteiger partial charge >= 0.3 is 0 Å². The second kappa shape index (κ2) is 7.73. The molecule has 0 spiro atoms. The number of aromatic amines is 1. The summed E-state index contributed by atoms with van der Waals surface area (Å²) in [5.41, 5.74) is 1.64. The van der Waals surface area contributed by atoms with E-state index in [9.17, 15) is 4.79 Å². The molecule has 0 amide bonds. The molecule has 0 aliphatic carbocycles. The van der Waals surface area contributed by atoms with Gasteiger partial charge in [0.25, 0.3) is 5.56 Å². The SMILES string of the molecule is Cc1cccc2c(=O)[nH]c(CSc3nnc(NC[C@H]4CCCO4)s3)nc12. The molecule has 0 saturated carbocycles. The van der Waals surface area contributed by atoms with Crippen molar-refractivity contribution in [3.8, 4) is 0 Å². The number of H-pyrrole nitrogens is 1. The molecule has 0 radical (unpaired) electrons. The molecule has 3 heterocycles. The van der Waals surface area contributed by atoms with E-state index in [1.165, 1.54) is 23.1 Å². The van der Waals surface area contributed by atoms with Crippen LogP contribution in [0.15, 0.2) is 27.3 Å². The Balaban J connectivity index is 1.40. The van der Waals surface area contributed by atoms with Crippen molar-refractivity contribution in [2.45, 2.75) is 36.0 Å². The van der Waals surface area contributed by atoms with Crippen molar-refractivity contribution >= 4 is 39.1 Å². The predicted octanol–water partition coefficient (Wildman–Crippen LogP) is 2.97. The van der Waals surface area contributed by atoms with Crippen molar-refractivity contribution in [2.75, 3.05) is 18.5 Å². The number of para-hydroxylation sites is 1. The molecule has 0 bridgehead atoms. The Labute approximate surface area is 158 Å². The zero-order valence-electron chi connectivity index (χ0n) is 14.3. The molecule has 26 heavy (non-hydrogen) atoms. The predicted molar refractivity (Wildman–Crippen MR) is 104 cm³/mol. The molecular weight excluding hydrogens is 370 g/mol. The van der Waals surface area contributed by atoms with E-state index in [0.717, 1.165) is 46.5 Å². The monoisotopic (exact) mass is 389 g/mol. The lowest BCUT2D eigenvalue weighted by Gasteiger charge is -2.08. The Morgan fingerprint density at radius 3 is 3.19 bits per heavy atom. The molecule has 1 atom stereocenters. The molecule has 1 saturated heterocycles. The first-order valence-electron chi connectivity index (χ1n) is 8.49. The van der Waals surface area contributed by atoms with E-state index in [-0.39, 0.29) is 11.7 Å². The van der Waals surface area contributed by atoms with Crippen LogP contribution in [0, 0.1) is 6.92 Å². The summed E-state index contributed by atoms with van der Waals surface area (Å²) >= 11 is 3.02. The first-order chi connectivity index (χ1) is 12.7. The van der Waals surface area contributed by atoms with Gasteiger partial charge in [0.1, 0.15) is 5.82 Å². The molecule has 136 valence electrons. The molecule has 2 aromatic heterocycles. The summed E-state index contributed by atoms with van der Waals surface area (Å²) in [6, 6.07) is 5.62. The lowest BCUT2D eigenvalue weighted by molar-refractivity contribution is 0.120. The van der Waals surface area contributed by atoms with Gasteiger partial charge in [0.2, 0.25) is 5.13 Å². The fraction of sp³-hybridized carbons (Fsp3) is 0.412. The van der Waals surface area contributed by atoms with Crippen molar-refractivity contribution in [3.63, 3.8) is 0 Å². The average Bonchev–Trinajstić information content (AvgIpc) is 3.31. The molecule has 7 nitrogen and oxygen atoms in total. The van der Waals surface area contributed by atoms with Gasteiger partial charge in [-0.3, -0.25) is 4.79 Å². The van der Waals surface area contributed by atoms with E-state index in [4.69, 9.17) is 4.74 Å². The van der Waals surface area contributed by atoms with Crippen LogP contribution in [0.2, 0.25) is 0 Å². The number of thioether (sulfide) groups is 1. The number of hydrogen-bond acceptors (Lipinski definition) is 8. The molecule has 2 N–H and O–H groups in total. The maximum absolute atomic E-state index is 12.2. The lowest BCUT2D eigenvalue weighted by atomic mass is 10.1. The highest BCUT2D eigenvalue weighted by atomic mass is 32.2. The topological polar surface area (TPSA) is 92.8 Å². The maximum atomic E-state index is 12.2. The quantitative estimate of drug-likeness (QED) is 0.626. The Hall–Kier alpha value is -1.97. The molecular formula is C17H19N5O2S2. The van der Waals surface area contributed by atoms with Crippen molar-refractivity contribution < 1.29 is 4.74 Å². The van der Waals surface area contributed by atoms with Gasteiger partial charge < -0.3 is 15.0 Å². The number of anilines is 1. The Morgan fingerprint density at radius 1 is 1.42 bits per heavy atom. The molecule has 1 fully saturated rings. The number of ether oxygens (including phenoxy) is 1. The fourth-order valence-corrected chi connectivity index (χ4v) is 4.53. The van der Waals surface area contributed by atoms with Gasteiger partial charge in [-0.1, -0.05) is 35.2 Å². The van der Waals surface area contributed by atoms with Crippen LogP contribution in [0.25, 0.3) is 10.9 Å². The minimum atomic E-state index is -0.106. The summed E-state index contributed by atoms with van der Waals surface area (Å²) in [6.07, 6.45) is 2.48. The molecule has 1 aromatic carbocycles. The van der Waals surface area contributed by atoms with Crippen molar-refractivity contribution in [2.24, 2.45) is 0 Å². The third-order valence-electron chi connectivity index (χ3n) is 4.23. The van der Waals surface area contributed by atoms with Crippen LogP contribution in [0.5, 0.6) is 0 Å². The first kappa shape index (κ1) is 17.4. The number of nitrogens with zero attached hydrogens (tertiary/aromatic N) is 3. The van der Waals surface area contributed by atoms with E-state index in [1.807, 2.05) is 19.1 Å². The Bertz CT molecular complexity index is 965. The van der Waals surface area contributed by atoms with Crippen LogP contribution >= 0.6 is 23.1 Å². The number of fused-ring (bicyclic) bond motifs is 1. The molecule has 9 heteroatoms. The van der Waals surface area contributed by atoms with Crippen molar-refractivity contribution in [3.05, 3.63) is 39.9 Å². The lowest BCUT2D eigenvalue weighted by Crippen LogP contribution is -2.18. The summed E-state index contributed by atoms with van der Waals surface area (Å²) in [7, 11) is 0. The van der Waals surface area contributed by atoms with Crippen LogP contribution in [-0.4, -0.2) is 39.4 Å². The van der Waals surface area contributed by atoms with Gasteiger partial charge in [0.05, 0.1) is 22.8 Å². The second-order valence-corrected chi connectivity index (χ2v) is 8.36. The molecule has 1 aliphatic rings. The van der Waals surface area contributed by atoms with Gasteiger partial charge in [-0.25, -0.2) is 4.98 Å². The zero-order chi connectivity index (χ0) is 17.9. The molecule has 3 aromatic rings. The maximum Gasteiger partial charge on any atom is 0.258 e. The molecule has 4 rings (SSSR count). The normalized spacial score (nSPS) is 17.0. The third kappa shape index (κ3) is 3.89. The van der Waals surface area contributed by atoms with E-state index in [1.54, 1.807) is 6.07 Å². The first-order valence-corrected chi connectivity index (χ1v) is 10.3. The summed E-state index contributed by atoms with van der Waals surface area (Å²) in [4.78, 5) is 19.7. The number of aryl methyl sites for hydroxylation is 1. The highest BCUT2D eigenvalue weighted by Gasteiger charge is 2.16. The number of hydrogen-bond donors (Lipinski definition) is 2. The standard InChI is InChI=1S/C17H19N5O2S2/c1-10-4-2-6-12-14(10)19-13(20-15(12)23)9-25-17-22-21-16(26-17)18-8-11-5-3-7-24-11/h2,4,6,11H,3,5,7-9H2,1H3,(H,18,21)(H,19,20,23)/t11-/m1/s1. The highest BCUT2D eigenvalue weighted by molar-refractivity contribution is 8.00. The average molecular weight is 390 g/mol. The smallest absolute Gasteiger partial charge is 0.258 e. The van der Waals surface area contributed by atoms with Crippen molar-refractivity contribution in [1.29, 1.82) is 0 Å². The van der Waals surface area contributed by atoms with E-state index in [2.05, 4.69) is 25.5 Å².